The number of pyridine rings is 1. The molecule has 0 spiro atoms. The molecule has 6 rings (SSSR count). The third kappa shape index (κ3) is 7.62. The number of likely N-dealkylation sites (tertiary alicyclic amines) is 1. The van der Waals surface area contributed by atoms with E-state index in [1.54, 1.807) is 24.4 Å². The van der Waals surface area contributed by atoms with Gasteiger partial charge >= 0.3 is 0 Å². The molecule has 2 N–H and O–H groups in total. The highest BCUT2D eigenvalue weighted by molar-refractivity contribution is 7.89. The average Bonchev–Trinajstić information content (AvgIpc) is 3.06. The van der Waals surface area contributed by atoms with E-state index in [4.69, 9.17) is 9.47 Å². The summed E-state index contributed by atoms with van der Waals surface area (Å²) in [5.41, 5.74) is 4.11. The van der Waals surface area contributed by atoms with Crippen molar-refractivity contribution >= 4 is 20.9 Å². The molecule has 1 unspecified atom stereocenters. The van der Waals surface area contributed by atoms with E-state index in [1.807, 2.05) is 60.7 Å². The summed E-state index contributed by atoms with van der Waals surface area (Å²) < 4.78 is 42.5. The van der Waals surface area contributed by atoms with Crippen LogP contribution in [0.4, 0.5) is 0 Å². The highest BCUT2D eigenvalue weighted by Gasteiger charge is 2.39. The lowest BCUT2D eigenvalue weighted by molar-refractivity contribution is -0.276. The molecule has 3 aromatic carbocycles. The van der Waals surface area contributed by atoms with Crippen LogP contribution in [0, 0.1) is 5.92 Å². The number of hydrogen-bond donors (Lipinski definition) is 2. The fraction of sp³-hybridized carbons (Fsp3) is 0.417. The van der Waals surface area contributed by atoms with Gasteiger partial charge in [-0.05, 0) is 54.8 Å². The molecule has 45 heavy (non-hydrogen) atoms. The molecule has 0 aliphatic carbocycles. The van der Waals surface area contributed by atoms with E-state index >= 15 is 0 Å². The number of aliphatic hydroxyl groups excluding tert-OH is 1. The molecule has 0 radical (unpaired) electrons. The van der Waals surface area contributed by atoms with Crippen molar-refractivity contribution in [2.75, 3.05) is 19.6 Å². The number of aromatic nitrogens is 1. The van der Waals surface area contributed by atoms with Crippen molar-refractivity contribution < 1.29 is 23.0 Å². The molecule has 0 bridgehead atoms. The molecular weight excluding hydrogens is 586 g/mol. The van der Waals surface area contributed by atoms with Gasteiger partial charge in [-0.15, -0.1) is 0 Å². The number of ether oxygens (including phenoxy) is 2. The van der Waals surface area contributed by atoms with E-state index in [9.17, 15) is 13.5 Å². The van der Waals surface area contributed by atoms with E-state index in [2.05, 4.69) is 21.5 Å². The van der Waals surface area contributed by atoms with E-state index in [0.29, 0.717) is 5.52 Å². The second-order valence-corrected chi connectivity index (χ2v) is 14.0. The number of rotatable bonds is 9. The number of nitrogens with zero attached hydrogens (tertiary/aromatic N) is 2. The number of fused-ring (bicyclic) bond motifs is 1. The minimum absolute atomic E-state index is 0.00597. The largest absolute Gasteiger partial charge is 0.392 e. The Balaban J connectivity index is 1.18. The summed E-state index contributed by atoms with van der Waals surface area (Å²) in [5, 5.41) is 10.3. The van der Waals surface area contributed by atoms with Gasteiger partial charge in [-0.25, -0.2) is 13.1 Å². The normalized spacial score (nSPS) is 23.4. The van der Waals surface area contributed by atoms with Gasteiger partial charge in [-0.3, -0.25) is 4.98 Å². The van der Waals surface area contributed by atoms with Gasteiger partial charge in [0, 0.05) is 36.2 Å². The Morgan fingerprint density at radius 1 is 0.844 bits per heavy atom. The van der Waals surface area contributed by atoms with Gasteiger partial charge < -0.3 is 19.5 Å². The second kappa shape index (κ2) is 14.5. The van der Waals surface area contributed by atoms with Gasteiger partial charge in [-0.1, -0.05) is 92.9 Å². The maximum atomic E-state index is 13.2. The Morgan fingerprint density at radius 2 is 1.51 bits per heavy atom. The standard InChI is InChI=1S/C36H43N3O5S/c1-26-32(24-39-21-5-3-2-4-6-22-39)43-36(44-35(26)30-16-14-28(25-40)15-17-30)31-18-12-27(13-19-31)23-38-45(41,42)33-11-7-9-29-10-8-20-37-34(29)33/h7-20,26,32,35-36,38,40H,2-6,21-25H2,1H3/t26-,32+,35+,36?/m0/s1. The fourth-order valence-corrected chi connectivity index (χ4v) is 7.61. The van der Waals surface area contributed by atoms with Crippen molar-refractivity contribution in [1.29, 1.82) is 0 Å². The van der Waals surface area contributed by atoms with Crippen LogP contribution >= 0.6 is 0 Å². The SMILES string of the molecule is C[C@H]1[C@@H](CN2CCCCCCC2)OC(c2ccc(CNS(=O)(=O)c3cccc4cccnc34)cc2)O[C@H]1c1ccc(CO)cc1. The topological polar surface area (TPSA) is 101 Å². The summed E-state index contributed by atoms with van der Waals surface area (Å²) in [7, 11) is -3.77. The molecule has 2 aliphatic heterocycles. The van der Waals surface area contributed by atoms with Gasteiger partial charge in [0.05, 0.1) is 24.3 Å². The Morgan fingerprint density at radius 3 is 2.24 bits per heavy atom. The first-order valence-corrected chi connectivity index (χ1v) is 17.5. The number of hydrogen-bond acceptors (Lipinski definition) is 7. The van der Waals surface area contributed by atoms with Gasteiger partial charge in [0.25, 0.3) is 0 Å². The maximum absolute atomic E-state index is 13.2. The lowest BCUT2D eigenvalue weighted by Gasteiger charge is -2.43. The molecule has 1 aromatic heterocycles. The molecule has 4 atom stereocenters. The summed E-state index contributed by atoms with van der Waals surface area (Å²) in [6, 6.07) is 24.6. The van der Waals surface area contributed by atoms with Crippen LogP contribution in [0.15, 0.2) is 90.0 Å². The van der Waals surface area contributed by atoms with E-state index in [1.165, 1.54) is 32.1 Å². The summed E-state index contributed by atoms with van der Waals surface area (Å²) in [5.74, 6) is 0.129. The first kappa shape index (κ1) is 31.8. The van der Waals surface area contributed by atoms with Crippen LogP contribution in [-0.2, 0) is 32.6 Å². The Labute approximate surface area is 266 Å². The van der Waals surface area contributed by atoms with Crippen molar-refractivity contribution in [3.8, 4) is 0 Å². The molecule has 0 amide bonds. The first-order valence-electron chi connectivity index (χ1n) is 16.1. The number of benzene rings is 3. The van der Waals surface area contributed by atoms with Crippen molar-refractivity contribution in [2.24, 2.45) is 5.92 Å². The number of para-hydroxylation sites is 1. The molecule has 9 heteroatoms. The van der Waals surface area contributed by atoms with Gasteiger partial charge in [-0.2, -0.15) is 0 Å². The lowest BCUT2D eigenvalue weighted by Crippen LogP contribution is -2.45. The van der Waals surface area contributed by atoms with Crippen LogP contribution in [0.1, 0.15) is 73.7 Å². The molecule has 0 saturated carbocycles. The zero-order chi connectivity index (χ0) is 31.2. The van der Waals surface area contributed by atoms with Crippen molar-refractivity contribution in [2.45, 2.75) is 75.6 Å². The van der Waals surface area contributed by atoms with Crippen molar-refractivity contribution in [3.63, 3.8) is 0 Å². The predicted molar refractivity (Wildman–Crippen MR) is 175 cm³/mol. The van der Waals surface area contributed by atoms with Crippen LogP contribution in [0.5, 0.6) is 0 Å². The summed E-state index contributed by atoms with van der Waals surface area (Å²) in [6.07, 6.45) is 7.17. The molecule has 2 fully saturated rings. The number of nitrogens with one attached hydrogen (secondary N) is 1. The number of sulfonamides is 1. The van der Waals surface area contributed by atoms with Gasteiger partial charge in [0.15, 0.2) is 6.29 Å². The molecule has 4 aromatic rings. The van der Waals surface area contributed by atoms with Crippen molar-refractivity contribution in [1.82, 2.24) is 14.6 Å². The van der Waals surface area contributed by atoms with Crippen molar-refractivity contribution in [3.05, 3.63) is 107 Å². The third-order valence-electron chi connectivity index (χ3n) is 9.11. The highest BCUT2D eigenvalue weighted by Crippen LogP contribution is 2.42. The maximum Gasteiger partial charge on any atom is 0.243 e. The Kier molecular flexibility index (Phi) is 10.2. The first-order chi connectivity index (χ1) is 21.9. The molecular formula is C36H43N3O5S. The summed E-state index contributed by atoms with van der Waals surface area (Å²) in [6.45, 7) is 5.39. The Hall–Kier alpha value is -3.18. The second-order valence-electron chi connectivity index (χ2n) is 12.3. The zero-order valence-corrected chi connectivity index (χ0v) is 26.7. The highest BCUT2D eigenvalue weighted by atomic mass is 32.2. The lowest BCUT2D eigenvalue weighted by atomic mass is 9.89. The molecule has 2 saturated heterocycles. The minimum Gasteiger partial charge on any atom is -0.392 e. The molecule has 3 heterocycles. The van der Waals surface area contributed by atoms with Crippen LogP contribution < -0.4 is 4.72 Å². The number of aliphatic hydroxyl groups is 1. The van der Waals surface area contributed by atoms with E-state index < -0.39 is 16.3 Å². The van der Waals surface area contributed by atoms with E-state index in [-0.39, 0.29) is 36.2 Å². The van der Waals surface area contributed by atoms with Crippen LogP contribution in [-0.4, -0.2) is 49.1 Å². The molecule has 238 valence electrons. The van der Waals surface area contributed by atoms with E-state index in [0.717, 1.165) is 47.3 Å². The summed E-state index contributed by atoms with van der Waals surface area (Å²) in [4.78, 5) is 7.02. The predicted octanol–water partition coefficient (Wildman–Crippen LogP) is 6.26. The summed E-state index contributed by atoms with van der Waals surface area (Å²) >= 11 is 0. The van der Waals surface area contributed by atoms with Crippen LogP contribution in [0.2, 0.25) is 0 Å². The monoisotopic (exact) mass is 629 g/mol. The third-order valence-corrected chi connectivity index (χ3v) is 10.5. The smallest absolute Gasteiger partial charge is 0.243 e. The quantitative estimate of drug-likeness (QED) is 0.225. The average molecular weight is 630 g/mol. The fourth-order valence-electron chi connectivity index (χ4n) is 6.42. The molecule has 8 nitrogen and oxygen atoms in total. The van der Waals surface area contributed by atoms with Gasteiger partial charge in [0.2, 0.25) is 10.0 Å². The Bertz CT molecular complexity index is 1650. The zero-order valence-electron chi connectivity index (χ0n) is 25.8. The van der Waals surface area contributed by atoms with Gasteiger partial charge in [0.1, 0.15) is 4.90 Å². The van der Waals surface area contributed by atoms with Crippen LogP contribution in [0.25, 0.3) is 10.9 Å². The minimum atomic E-state index is -3.77. The molecule has 2 aliphatic rings. The van der Waals surface area contributed by atoms with Crippen LogP contribution in [0.3, 0.4) is 0 Å².